The number of hydrogen-bond donors (Lipinski definition) is 4. The average molecular weight is 449 g/mol. The minimum atomic E-state index is -1.43. The van der Waals surface area contributed by atoms with E-state index >= 15 is 0 Å². The maximum absolute atomic E-state index is 12.9. The molecule has 7 nitrogen and oxygen atoms in total. The predicted octanol–water partition coefficient (Wildman–Crippen LogP) is 1.38. The number of hydrogen-bond acceptors (Lipinski definition) is 7. The zero-order valence-corrected chi connectivity index (χ0v) is 19.7. The summed E-state index contributed by atoms with van der Waals surface area (Å²) in [5.41, 5.74) is -2.03. The van der Waals surface area contributed by atoms with Gasteiger partial charge in [0.1, 0.15) is 5.60 Å². The molecule has 10 atom stereocenters. The molecule has 4 aliphatic carbocycles. The molecule has 0 amide bonds. The molecule has 4 aliphatic rings. The van der Waals surface area contributed by atoms with E-state index < -0.39 is 70.3 Å². The molecule has 0 aromatic carbocycles. The normalized spacial score (nSPS) is 46.0. The second kappa shape index (κ2) is 7.23. The van der Waals surface area contributed by atoms with Crippen LogP contribution < -0.4 is 0 Å². The highest BCUT2D eigenvalue weighted by Crippen LogP contribution is 2.76. The molecule has 2 saturated carbocycles. The molecule has 0 heterocycles. The number of aliphatic hydroxyl groups excluding tert-OH is 3. The Morgan fingerprint density at radius 3 is 2.44 bits per heavy atom. The molecule has 4 N–H and O–H groups in total. The number of fused-ring (bicyclic) bond motifs is 5. The van der Waals surface area contributed by atoms with Gasteiger partial charge in [-0.1, -0.05) is 32.9 Å². The van der Waals surface area contributed by atoms with Gasteiger partial charge in [0, 0.05) is 35.0 Å². The van der Waals surface area contributed by atoms with E-state index in [0.717, 1.165) is 0 Å². The van der Waals surface area contributed by atoms with Crippen molar-refractivity contribution in [2.24, 2.45) is 40.9 Å². The molecule has 0 unspecified atom stereocenters. The van der Waals surface area contributed by atoms with Crippen LogP contribution in [0.25, 0.3) is 0 Å². The molecule has 0 bridgehead atoms. The van der Waals surface area contributed by atoms with Crippen LogP contribution in [0.15, 0.2) is 23.3 Å². The van der Waals surface area contributed by atoms with Gasteiger partial charge in [0.25, 0.3) is 0 Å². The monoisotopic (exact) mass is 448 g/mol. The molecule has 32 heavy (non-hydrogen) atoms. The molecule has 178 valence electrons. The summed E-state index contributed by atoms with van der Waals surface area (Å²) in [4.78, 5) is 25.7. The van der Waals surface area contributed by atoms with E-state index in [-0.39, 0.29) is 12.4 Å². The zero-order chi connectivity index (χ0) is 24.0. The number of esters is 1. The third-order valence-corrected chi connectivity index (χ3v) is 9.29. The largest absolute Gasteiger partial charge is 0.455 e. The highest BCUT2D eigenvalue weighted by Gasteiger charge is 2.86. The van der Waals surface area contributed by atoms with Crippen molar-refractivity contribution in [3.05, 3.63) is 23.3 Å². The molecular weight excluding hydrogens is 412 g/mol. The topological polar surface area (TPSA) is 124 Å². The van der Waals surface area contributed by atoms with Gasteiger partial charge in [0.15, 0.2) is 5.78 Å². The third-order valence-electron chi connectivity index (χ3n) is 9.29. The van der Waals surface area contributed by atoms with Crippen molar-refractivity contribution >= 4 is 11.8 Å². The summed E-state index contributed by atoms with van der Waals surface area (Å²) in [5, 5.41) is 43.7. The summed E-state index contributed by atoms with van der Waals surface area (Å²) < 4.78 is 6.00. The van der Waals surface area contributed by atoms with Gasteiger partial charge in [0.2, 0.25) is 0 Å². The van der Waals surface area contributed by atoms with Crippen LogP contribution in [0.4, 0.5) is 0 Å². The van der Waals surface area contributed by atoms with Gasteiger partial charge < -0.3 is 25.2 Å². The number of carbonyl (C=O) groups is 2. The maximum atomic E-state index is 12.9. The van der Waals surface area contributed by atoms with E-state index in [1.54, 1.807) is 20.8 Å². The summed E-state index contributed by atoms with van der Waals surface area (Å²) in [6.45, 7) is 10.2. The van der Waals surface area contributed by atoms with Gasteiger partial charge in [-0.05, 0) is 38.3 Å². The van der Waals surface area contributed by atoms with Crippen molar-refractivity contribution in [2.75, 3.05) is 6.61 Å². The van der Waals surface area contributed by atoms with Crippen molar-refractivity contribution in [3.63, 3.8) is 0 Å². The molecule has 0 aliphatic heterocycles. The number of rotatable bonds is 4. The Kier molecular flexibility index (Phi) is 5.33. The van der Waals surface area contributed by atoms with Crippen molar-refractivity contribution < 1.29 is 34.8 Å². The lowest BCUT2D eigenvalue weighted by Crippen LogP contribution is -2.63. The predicted molar refractivity (Wildman–Crippen MR) is 116 cm³/mol. The number of allylic oxidation sites excluding steroid dienone is 1. The van der Waals surface area contributed by atoms with Crippen LogP contribution in [0, 0.1) is 40.9 Å². The summed E-state index contributed by atoms with van der Waals surface area (Å²) in [5.74, 6) is -3.97. The number of ether oxygens (including phenoxy) is 1. The van der Waals surface area contributed by atoms with Crippen LogP contribution >= 0.6 is 0 Å². The van der Waals surface area contributed by atoms with Crippen LogP contribution in [-0.4, -0.2) is 62.2 Å². The SMILES string of the molecule is CC1=C[C@@H]2[C@@H](CC(CO)=C[C@H]3[C@@H]4C(C)(C)[C@]4(OC(=O)[C@@H](C)[C@@H](C)O)[C@H](O)[C@@H](C)[C@]23O)C1=O. The van der Waals surface area contributed by atoms with E-state index in [9.17, 15) is 30.0 Å². The quantitative estimate of drug-likeness (QED) is 0.378. The molecule has 0 aromatic heterocycles. The van der Waals surface area contributed by atoms with Gasteiger partial charge in [-0.15, -0.1) is 0 Å². The Balaban J connectivity index is 1.83. The van der Waals surface area contributed by atoms with Crippen LogP contribution in [0.3, 0.4) is 0 Å². The van der Waals surface area contributed by atoms with E-state index in [2.05, 4.69) is 0 Å². The van der Waals surface area contributed by atoms with Crippen LogP contribution in [0.1, 0.15) is 48.0 Å². The highest BCUT2D eigenvalue weighted by molar-refractivity contribution is 5.99. The first-order chi connectivity index (χ1) is 14.8. The van der Waals surface area contributed by atoms with E-state index in [4.69, 9.17) is 4.74 Å². The average Bonchev–Trinajstić information content (AvgIpc) is 3.13. The van der Waals surface area contributed by atoms with Gasteiger partial charge in [0.05, 0.1) is 30.3 Å². The molecule has 7 heteroatoms. The first-order valence-electron chi connectivity index (χ1n) is 11.6. The summed E-state index contributed by atoms with van der Waals surface area (Å²) in [6, 6.07) is 0. The Morgan fingerprint density at radius 1 is 1.25 bits per heavy atom. The van der Waals surface area contributed by atoms with E-state index in [0.29, 0.717) is 17.6 Å². The number of Topliss-reactive ketones (excluding diaryl/α,β-unsaturated/α-hetero) is 1. The maximum Gasteiger partial charge on any atom is 0.311 e. The Morgan fingerprint density at radius 2 is 1.88 bits per heavy atom. The molecule has 0 spiro atoms. The van der Waals surface area contributed by atoms with E-state index in [1.165, 1.54) is 6.92 Å². The first-order valence-corrected chi connectivity index (χ1v) is 11.6. The smallest absolute Gasteiger partial charge is 0.311 e. The molecule has 0 radical (unpaired) electrons. The van der Waals surface area contributed by atoms with Gasteiger partial charge >= 0.3 is 5.97 Å². The highest BCUT2D eigenvalue weighted by atomic mass is 16.6. The second-order valence-corrected chi connectivity index (χ2v) is 11.1. The lowest BCUT2D eigenvalue weighted by Gasteiger charge is -2.51. The van der Waals surface area contributed by atoms with Gasteiger partial charge in [-0.25, -0.2) is 0 Å². The number of ketones is 1. The fourth-order valence-corrected chi connectivity index (χ4v) is 7.06. The first kappa shape index (κ1) is 23.6. The molecule has 0 aromatic rings. The Hall–Kier alpha value is -1.54. The second-order valence-electron chi connectivity index (χ2n) is 11.1. The van der Waals surface area contributed by atoms with Crippen molar-refractivity contribution in [1.29, 1.82) is 0 Å². The van der Waals surface area contributed by atoms with Crippen LogP contribution in [0.2, 0.25) is 0 Å². The third kappa shape index (κ3) is 2.74. The van der Waals surface area contributed by atoms with Gasteiger partial charge in [-0.3, -0.25) is 9.59 Å². The summed E-state index contributed by atoms with van der Waals surface area (Å²) in [7, 11) is 0. The van der Waals surface area contributed by atoms with Crippen LogP contribution in [0.5, 0.6) is 0 Å². The molecule has 0 saturated heterocycles. The Labute approximate surface area is 189 Å². The number of carbonyl (C=O) groups excluding carboxylic acids is 2. The zero-order valence-electron chi connectivity index (χ0n) is 19.7. The summed E-state index contributed by atoms with van der Waals surface area (Å²) in [6.07, 6.45) is 1.99. The Bertz CT molecular complexity index is 902. The van der Waals surface area contributed by atoms with Crippen molar-refractivity contribution in [2.45, 2.75) is 71.4 Å². The lowest BCUT2D eigenvalue weighted by molar-refractivity contribution is -0.211. The summed E-state index contributed by atoms with van der Waals surface area (Å²) >= 11 is 0. The van der Waals surface area contributed by atoms with Crippen LogP contribution in [-0.2, 0) is 14.3 Å². The lowest BCUT2D eigenvalue weighted by atomic mass is 9.60. The molecule has 2 fully saturated rings. The van der Waals surface area contributed by atoms with E-state index in [1.807, 2.05) is 26.0 Å². The van der Waals surface area contributed by atoms with Crippen molar-refractivity contribution in [3.8, 4) is 0 Å². The molecule has 4 rings (SSSR count). The van der Waals surface area contributed by atoms with Crippen molar-refractivity contribution in [1.82, 2.24) is 0 Å². The fraction of sp³-hybridized carbons (Fsp3) is 0.760. The minimum absolute atomic E-state index is 0.0332. The van der Waals surface area contributed by atoms with Gasteiger partial charge in [-0.2, -0.15) is 0 Å². The molecular formula is C25H36O7. The number of aliphatic hydroxyl groups is 4. The fourth-order valence-electron chi connectivity index (χ4n) is 7.06. The minimum Gasteiger partial charge on any atom is -0.455 e. The standard InChI is InChI=1S/C25H36O7/c1-11-7-17-16(19(11)28)8-15(10-26)9-18-20-23(5,6)25(20,21(29)13(3)24(17,18)31)32-22(30)12(2)14(4)27/h7,9,12-14,16-18,20-21,26-27,29,31H,8,10H2,1-6H3/t12-,13+,14+,16+,17+,18-,20+,21+,24-,25+/m0/s1.